The Balaban J connectivity index is 1.48. The van der Waals surface area contributed by atoms with E-state index in [1.807, 2.05) is 12.1 Å². The maximum Gasteiger partial charge on any atom is 0.417 e. The van der Waals surface area contributed by atoms with Crippen molar-refractivity contribution in [1.29, 1.82) is 0 Å². The van der Waals surface area contributed by atoms with Gasteiger partial charge in [-0.15, -0.1) is 0 Å². The van der Waals surface area contributed by atoms with Crippen LogP contribution < -0.4 is 10.7 Å². The molecule has 1 saturated heterocycles. The molecule has 118 valence electrons. The summed E-state index contributed by atoms with van der Waals surface area (Å²) in [5, 5.41) is 0. The van der Waals surface area contributed by atoms with E-state index in [1.54, 1.807) is 23.1 Å². The van der Waals surface area contributed by atoms with Crippen LogP contribution >= 0.6 is 0 Å². The fraction of sp³-hybridized carbons (Fsp3) is 0.250. The number of piperazine rings is 1. The molecule has 4 rings (SSSR count). The third-order valence-corrected chi connectivity index (χ3v) is 4.07. The maximum absolute atomic E-state index is 12.2. The van der Waals surface area contributed by atoms with Crippen molar-refractivity contribution in [3.05, 3.63) is 52.9 Å². The standard InChI is InChI=1S/C16H15N3O4/c20-15(14-2-1-9-22-14)19-7-5-18(6-8-19)11-3-4-13-12(10-11)17-16(21)23-13/h1-4,9-10H,5-8H2,(H,17,21). The summed E-state index contributed by atoms with van der Waals surface area (Å²) in [7, 11) is 0. The van der Waals surface area contributed by atoms with Gasteiger partial charge in [0.1, 0.15) is 0 Å². The molecule has 1 aliphatic rings. The second-order valence-electron chi connectivity index (χ2n) is 5.45. The Morgan fingerprint density at radius 1 is 1.13 bits per heavy atom. The fourth-order valence-electron chi connectivity index (χ4n) is 2.86. The number of carbonyl (C=O) groups is 1. The molecule has 3 heterocycles. The number of furan rings is 1. The predicted molar refractivity (Wildman–Crippen MR) is 83.7 cm³/mol. The van der Waals surface area contributed by atoms with Crippen LogP contribution in [0.1, 0.15) is 10.6 Å². The first-order valence-electron chi connectivity index (χ1n) is 7.41. The monoisotopic (exact) mass is 313 g/mol. The quantitative estimate of drug-likeness (QED) is 0.778. The van der Waals surface area contributed by atoms with Crippen molar-refractivity contribution < 1.29 is 13.6 Å². The second kappa shape index (κ2) is 5.35. The molecule has 0 bridgehead atoms. The van der Waals surface area contributed by atoms with Gasteiger partial charge in [0.05, 0.1) is 11.8 Å². The highest BCUT2D eigenvalue weighted by Crippen LogP contribution is 2.22. The molecule has 0 unspecified atom stereocenters. The molecule has 0 saturated carbocycles. The van der Waals surface area contributed by atoms with Crippen molar-refractivity contribution >= 4 is 22.7 Å². The number of rotatable bonds is 2. The molecule has 1 aromatic carbocycles. The smallest absolute Gasteiger partial charge is 0.417 e. The van der Waals surface area contributed by atoms with Crippen LogP contribution in [0.2, 0.25) is 0 Å². The van der Waals surface area contributed by atoms with Gasteiger partial charge in [0, 0.05) is 31.9 Å². The predicted octanol–water partition coefficient (Wildman–Crippen LogP) is 1.68. The van der Waals surface area contributed by atoms with Crippen LogP contribution in [0.15, 0.2) is 50.2 Å². The van der Waals surface area contributed by atoms with E-state index in [0.717, 1.165) is 18.8 Å². The molecule has 7 heteroatoms. The van der Waals surface area contributed by atoms with Gasteiger partial charge in [-0.2, -0.15) is 0 Å². The molecule has 0 aliphatic carbocycles. The number of aromatic amines is 1. The van der Waals surface area contributed by atoms with Crippen LogP contribution in [0.4, 0.5) is 5.69 Å². The first-order valence-corrected chi connectivity index (χ1v) is 7.41. The lowest BCUT2D eigenvalue weighted by atomic mass is 10.2. The average molecular weight is 313 g/mol. The van der Waals surface area contributed by atoms with E-state index in [4.69, 9.17) is 8.83 Å². The minimum absolute atomic E-state index is 0.0794. The van der Waals surface area contributed by atoms with Gasteiger partial charge < -0.3 is 18.6 Å². The van der Waals surface area contributed by atoms with Gasteiger partial charge in [-0.25, -0.2) is 4.79 Å². The zero-order valence-electron chi connectivity index (χ0n) is 12.3. The summed E-state index contributed by atoms with van der Waals surface area (Å²) in [6.07, 6.45) is 1.50. The van der Waals surface area contributed by atoms with Crippen LogP contribution in [-0.4, -0.2) is 42.0 Å². The Morgan fingerprint density at radius 2 is 1.96 bits per heavy atom. The van der Waals surface area contributed by atoms with E-state index < -0.39 is 5.76 Å². The normalized spacial score (nSPS) is 15.3. The number of benzene rings is 1. The van der Waals surface area contributed by atoms with Gasteiger partial charge in [0.2, 0.25) is 0 Å². The molecular formula is C16H15N3O4. The molecule has 1 amide bonds. The van der Waals surface area contributed by atoms with E-state index in [0.29, 0.717) is 29.9 Å². The summed E-state index contributed by atoms with van der Waals surface area (Å²) >= 11 is 0. The second-order valence-corrected chi connectivity index (χ2v) is 5.45. The van der Waals surface area contributed by atoms with Gasteiger partial charge >= 0.3 is 5.76 Å². The molecule has 7 nitrogen and oxygen atoms in total. The number of aromatic nitrogens is 1. The zero-order chi connectivity index (χ0) is 15.8. The SMILES string of the molecule is O=C(c1ccco1)N1CCN(c2ccc3oc(=O)[nH]c3c2)CC1. The highest BCUT2D eigenvalue weighted by atomic mass is 16.4. The van der Waals surface area contributed by atoms with Gasteiger partial charge in [0.25, 0.3) is 5.91 Å². The third-order valence-electron chi connectivity index (χ3n) is 4.07. The fourth-order valence-corrected chi connectivity index (χ4v) is 2.86. The van der Waals surface area contributed by atoms with Crippen LogP contribution in [-0.2, 0) is 0 Å². The number of fused-ring (bicyclic) bond motifs is 1. The van der Waals surface area contributed by atoms with E-state index in [-0.39, 0.29) is 5.91 Å². The van der Waals surface area contributed by atoms with E-state index in [1.165, 1.54) is 6.26 Å². The number of anilines is 1. The van der Waals surface area contributed by atoms with Gasteiger partial charge in [-0.05, 0) is 30.3 Å². The Bertz CT molecular complexity index is 886. The van der Waals surface area contributed by atoms with Crippen molar-refractivity contribution in [2.24, 2.45) is 0 Å². The zero-order valence-corrected chi connectivity index (χ0v) is 12.3. The summed E-state index contributed by atoms with van der Waals surface area (Å²) in [5.41, 5.74) is 2.23. The minimum Gasteiger partial charge on any atom is -0.459 e. The number of H-pyrrole nitrogens is 1. The number of nitrogens with zero attached hydrogens (tertiary/aromatic N) is 2. The lowest BCUT2D eigenvalue weighted by Crippen LogP contribution is -2.48. The Labute approximate surface area is 131 Å². The number of amides is 1. The average Bonchev–Trinajstić information content (AvgIpc) is 3.22. The number of oxazole rings is 1. The summed E-state index contributed by atoms with van der Waals surface area (Å²) in [6.45, 7) is 2.69. The molecule has 1 N–H and O–H groups in total. The topological polar surface area (TPSA) is 82.7 Å². The van der Waals surface area contributed by atoms with Crippen LogP contribution in [0.25, 0.3) is 11.1 Å². The van der Waals surface area contributed by atoms with Crippen molar-refractivity contribution in [3.8, 4) is 0 Å². The number of nitrogens with one attached hydrogen (secondary N) is 1. The molecule has 3 aromatic rings. The largest absolute Gasteiger partial charge is 0.459 e. The van der Waals surface area contributed by atoms with Crippen molar-refractivity contribution in [3.63, 3.8) is 0 Å². The highest BCUT2D eigenvalue weighted by molar-refractivity contribution is 5.91. The highest BCUT2D eigenvalue weighted by Gasteiger charge is 2.24. The van der Waals surface area contributed by atoms with Crippen LogP contribution in [0.5, 0.6) is 0 Å². The van der Waals surface area contributed by atoms with Gasteiger partial charge in [-0.3, -0.25) is 9.78 Å². The molecule has 0 spiro atoms. The molecule has 2 aromatic heterocycles. The molecule has 0 radical (unpaired) electrons. The molecule has 0 atom stereocenters. The minimum atomic E-state index is -0.453. The van der Waals surface area contributed by atoms with Crippen LogP contribution in [0, 0.1) is 0 Å². The maximum atomic E-state index is 12.2. The van der Waals surface area contributed by atoms with E-state index in [2.05, 4.69) is 9.88 Å². The summed E-state index contributed by atoms with van der Waals surface area (Å²) in [5.74, 6) is -0.161. The third kappa shape index (κ3) is 2.50. The number of hydrogen-bond donors (Lipinski definition) is 1. The van der Waals surface area contributed by atoms with Gasteiger partial charge in [-0.1, -0.05) is 0 Å². The molecule has 1 aliphatic heterocycles. The first-order chi connectivity index (χ1) is 11.2. The van der Waals surface area contributed by atoms with Crippen LogP contribution in [0.3, 0.4) is 0 Å². The lowest BCUT2D eigenvalue weighted by molar-refractivity contribution is 0.0714. The summed E-state index contributed by atoms with van der Waals surface area (Å²) < 4.78 is 10.2. The Morgan fingerprint density at radius 3 is 2.70 bits per heavy atom. The number of carbonyl (C=O) groups excluding carboxylic acids is 1. The van der Waals surface area contributed by atoms with Crippen molar-refractivity contribution in [2.75, 3.05) is 31.1 Å². The van der Waals surface area contributed by atoms with E-state index in [9.17, 15) is 9.59 Å². The Kier molecular flexibility index (Phi) is 3.18. The molecule has 1 fully saturated rings. The van der Waals surface area contributed by atoms with Gasteiger partial charge in [0.15, 0.2) is 11.3 Å². The first kappa shape index (κ1) is 13.7. The molecule has 23 heavy (non-hydrogen) atoms. The number of hydrogen-bond acceptors (Lipinski definition) is 5. The lowest BCUT2D eigenvalue weighted by Gasteiger charge is -2.35. The Hall–Kier alpha value is -2.96. The summed E-state index contributed by atoms with van der Waals surface area (Å²) in [6, 6.07) is 8.98. The van der Waals surface area contributed by atoms with Crippen molar-refractivity contribution in [1.82, 2.24) is 9.88 Å². The van der Waals surface area contributed by atoms with Crippen molar-refractivity contribution in [2.45, 2.75) is 0 Å². The van der Waals surface area contributed by atoms with E-state index >= 15 is 0 Å². The molecular weight excluding hydrogens is 298 g/mol. The summed E-state index contributed by atoms with van der Waals surface area (Å²) in [4.78, 5) is 30.1.